The van der Waals surface area contributed by atoms with Gasteiger partial charge in [0, 0.05) is 43.3 Å². The number of carbonyl (C=O) groups is 1. The van der Waals surface area contributed by atoms with E-state index in [0.29, 0.717) is 32.7 Å². The summed E-state index contributed by atoms with van der Waals surface area (Å²) in [5.74, 6) is 0.0691. The molecule has 2 aliphatic rings. The second-order valence-electron chi connectivity index (χ2n) is 6.68. The number of carbonyl (C=O) groups excluding carboxylic acids is 1. The molecule has 0 bridgehead atoms. The molecule has 2 fully saturated rings. The average molecular weight is 373 g/mol. The molecule has 5 heterocycles. The van der Waals surface area contributed by atoms with Gasteiger partial charge in [-0.15, -0.1) is 11.3 Å². The van der Waals surface area contributed by atoms with E-state index in [4.69, 9.17) is 9.47 Å². The molecule has 26 heavy (non-hydrogen) atoms. The van der Waals surface area contributed by atoms with Crippen molar-refractivity contribution in [2.24, 2.45) is 0 Å². The zero-order valence-corrected chi connectivity index (χ0v) is 14.9. The smallest absolute Gasteiger partial charge is 0.228 e. The van der Waals surface area contributed by atoms with Gasteiger partial charge in [-0.25, -0.2) is 4.98 Å². The fourth-order valence-corrected chi connectivity index (χ4v) is 4.28. The van der Waals surface area contributed by atoms with Crippen LogP contribution in [0, 0.1) is 0 Å². The molecule has 0 radical (unpaired) electrons. The number of aromatic nitrogens is 4. The molecular weight excluding hydrogens is 354 g/mol. The Bertz CT molecular complexity index is 860. The van der Waals surface area contributed by atoms with Crippen LogP contribution in [0.5, 0.6) is 0 Å². The fourth-order valence-electron chi connectivity index (χ4n) is 3.56. The van der Waals surface area contributed by atoms with E-state index < -0.39 is 0 Å². The minimum Gasteiger partial charge on any atom is -0.371 e. The van der Waals surface area contributed by atoms with Gasteiger partial charge in [0.25, 0.3) is 0 Å². The van der Waals surface area contributed by atoms with Crippen LogP contribution in [0.3, 0.4) is 0 Å². The van der Waals surface area contributed by atoms with Crippen molar-refractivity contribution >= 4 is 22.2 Å². The van der Waals surface area contributed by atoms with Gasteiger partial charge in [0.1, 0.15) is 12.2 Å². The molecule has 8 nitrogen and oxygen atoms in total. The van der Waals surface area contributed by atoms with Crippen molar-refractivity contribution in [1.29, 1.82) is 0 Å². The average Bonchev–Trinajstić information content (AvgIpc) is 3.38. The minimum absolute atomic E-state index is 0.0691. The van der Waals surface area contributed by atoms with Gasteiger partial charge >= 0.3 is 0 Å². The SMILES string of the molecule is O=C(Cc1cn2ccsc2n1)N1C[C@@H]2OCC(n3cccn3)CO[C@H]2C1. The van der Waals surface area contributed by atoms with Crippen LogP contribution >= 0.6 is 11.3 Å². The van der Waals surface area contributed by atoms with Gasteiger partial charge in [-0.05, 0) is 6.07 Å². The summed E-state index contributed by atoms with van der Waals surface area (Å²) in [6, 6.07) is 1.98. The lowest BCUT2D eigenvalue weighted by Crippen LogP contribution is -2.32. The molecule has 3 aromatic rings. The van der Waals surface area contributed by atoms with Crippen molar-refractivity contribution in [3.8, 4) is 0 Å². The van der Waals surface area contributed by atoms with E-state index in [0.717, 1.165) is 10.7 Å². The van der Waals surface area contributed by atoms with Gasteiger partial charge in [-0.3, -0.25) is 13.9 Å². The number of nitrogens with zero attached hydrogens (tertiary/aromatic N) is 5. The van der Waals surface area contributed by atoms with Crippen molar-refractivity contribution in [2.75, 3.05) is 26.3 Å². The number of rotatable bonds is 3. The summed E-state index contributed by atoms with van der Waals surface area (Å²) in [6.45, 7) is 2.22. The Balaban J connectivity index is 1.21. The standard InChI is InChI=1S/C17H19N5O3S/c23-16(6-12-7-20-4-5-26-17(20)19-12)21-8-14-15(9-21)25-11-13(10-24-14)22-3-1-2-18-22/h1-5,7,13-15H,6,8-11H2/t14-,15-/m0/s1. The number of imidazole rings is 1. The number of hydrogen-bond donors (Lipinski definition) is 0. The highest BCUT2D eigenvalue weighted by molar-refractivity contribution is 7.15. The Morgan fingerprint density at radius 3 is 2.73 bits per heavy atom. The van der Waals surface area contributed by atoms with Gasteiger partial charge in [0.05, 0.1) is 31.4 Å². The number of likely N-dealkylation sites (tertiary alicyclic amines) is 1. The van der Waals surface area contributed by atoms with Crippen LogP contribution in [0.15, 0.2) is 36.2 Å². The van der Waals surface area contributed by atoms with Crippen molar-refractivity contribution in [3.63, 3.8) is 0 Å². The highest BCUT2D eigenvalue weighted by Gasteiger charge is 2.39. The third kappa shape index (κ3) is 2.91. The maximum absolute atomic E-state index is 12.6. The summed E-state index contributed by atoms with van der Waals surface area (Å²) < 4.78 is 15.9. The zero-order valence-electron chi connectivity index (χ0n) is 14.1. The lowest BCUT2D eigenvalue weighted by molar-refractivity contribution is -0.130. The number of amides is 1. The molecule has 9 heteroatoms. The maximum Gasteiger partial charge on any atom is 0.228 e. The number of hydrogen-bond acceptors (Lipinski definition) is 6. The summed E-state index contributed by atoms with van der Waals surface area (Å²) in [4.78, 5) is 19.9. The second-order valence-corrected chi connectivity index (χ2v) is 7.56. The summed E-state index contributed by atoms with van der Waals surface area (Å²) >= 11 is 1.56. The molecule has 2 aliphatic heterocycles. The minimum atomic E-state index is -0.0787. The second kappa shape index (κ2) is 6.49. The lowest BCUT2D eigenvalue weighted by atomic mass is 10.3. The van der Waals surface area contributed by atoms with E-state index in [-0.39, 0.29) is 24.2 Å². The highest BCUT2D eigenvalue weighted by atomic mass is 32.1. The molecule has 0 aliphatic carbocycles. The fraction of sp³-hybridized carbons (Fsp3) is 0.471. The molecule has 0 spiro atoms. The first-order chi connectivity index (χ1) is 12.8. The largest absolute Gasteiger partial charge is 0.371 e. The predicted octanol–water partition coefficient (Wildman–Crippen LogP) is 1.00. The highest BCUT2D eigenvalue weighted by Crippen LogP contribution is 2.24. The molecule has 0 unspecified atom stereocenters. The quantitative estimate of drug-likeness (QED) is 0.685. The third-order valence-corrected chi connectivity index (χ3v) is 5.72. The molecule has 1 amide bonds. The molecule has 3 aromatic heterocycles. The monoisotopic (exact) mass is 373 g/mol. The van der Waals surface area contributed by atoms with E-state index in [9.17, 15) is 4.79 Å². The van der Waals surface area contributed by atoms with Crippen molar-refractivity contribution < 1.29 is 14.3 Å². The van der Waals surface area contributed by atoms with Crippen LogP contribution in [0.4, 0.5) is 0 Å². The van der Waals surface area contributed by atoms with Crippen LogP contribution in [0.25, 0.3) is 4.96 Å². The van der Waals surface area contributed by atoms with Crippen molar-refractivity contribution in [2.45, 2.75) is 24.7 Å². The molecule has 0 N–H and O–H groups in total. The van der Waals surface area contributed by atoms with Crippen LogP contribution in [-0.4, -0.2) is 68.5 Å². The van der Waals surface area contributed by atoms with Crippen molar-refractivity contribution in [1.82, 2.24) is 24.1 Å². The summed E-state index contributed by atoms with van der Waals surface area (Å²) in [5.41, 5.74) is 0.800. The first-order valence-electron chi connectivity index (χ1n) is 8.67. The van der Waals surface area contributed by atoms with Crippen LogP contribution in [-0.2, 0) is 20.7 Å². The van der Waals surface area contributed by atoms with Gasteiger partial charge in [0.2, 0.25) is 5.91 Å². The van der Waals surface area contributed by atoms with Gasteiger partial charge < -0.3 is 14.4 Å². The van der Waals surface area contributed by atoms with Crippen molar-refractivity contribution in [3.05, 3.63) is 41.9 Å². The first-order valence-corrected chi connectivity index (χ1v) is 9.55. The molecule has 2 saturated heterocycles. The van der Waals surface area contributed by atoms with Gasteiger partial charge in [0.15, 0.2) is 4.96 Å². The maximum atomic E-state index is 12.6. The summed E-state index contributed by atoms with van der Waals surface area (Å²) in [5, 5.41) is 6.24. The molecule has 5 rings (SSSR count). The van der Waals surface area contributed by atoms with E-state index in [2.05, 4.69) is 10.1 Å². The van der Waals surface area contributed by atoms with Crippen LogP contribution in [0.2, 0.25) is 0 Å². The molecule has 136 valence electrons. The number of fused-ring (bicyclic) bond motifs is 2. The Morgan fingerprint density at radius 1 is 1.23 bits per heavy atom. The Kier molecular flexibility index (Phi) is 3.99. The molecule has 2 atom stereocenters. The predicted molar refractivity (Wildman–Crippen MR) is 94.1 cm³/mol. The Hall–Kier alpha value is -2.23. The zero-order chi connectivity index (χ0) is 17.5. The van der Waals surface area contributed by atoms with Gasteiger partial charge in [-0.1, -0.05) is 0 Å². The van der Waals surface area contributed by atoms with Crippen LogP contribution in [0.1, 0.15) is 11.7 Å². The molecular formula is C17H19N5O3S. The topological polar surface area (TPSA) is 73.9 Å². The van der Waals surface area contributed by atoms with E-state index in [1.165, 1.54) is 0 Å². The first kappa shape index (κ1) is 16.0. The third-order valence-electron chi connectivity index (χ3n) is 4.95. The van der Waals surface area contributed by atoms with E-state index in [1.54, 1.807) is 17.5 Å². The molecule has 0 aromatic carbocycles. The van der Waals surface area contributed by atoms with Crippen LogP contribution < -0.4 is 0 Å². The van der Waals surface area contributed by atoms with E-state index in [1.807, 2.05) is 44.0 Å². The Labute approximate surface area is 153 Å². The van der Waals surface area contributed by atoms with E-state index >= 15 is 0 Å². The Morgan fingerprint density at radius 2 is 2.04 bits per heavy atom. The normalized spacial score (nSPS) is 24.1. The summed E-state index contributed by atoms with van der Waals surface area (Å²) in [6.07, 6.45) is 7.70. The number of thiazole rings is 1. The lowest BCUT2D eigenvalue weighted by Gasteiger charge is -2.18. The number of ether oxygens (including phenoxy) is 2. The summed E-state index contributed by atoms with van der Waals surface area (Å²) in [7, 11) is 0. The van der Waals surface area contributed by atoms with Gasteiger partial charge in [-0.2, -0.15) is 5.10 Å². The molecule has 0 saturated carbocycles.